The fourth-order valence-corrected chi connectivity index (χ4v) is 1.99. The molecule has 0 saturated carbocycles. The molecule has 0 fully saturated rings. The molecule has 1 aromatic carbocycles. The number of aryl methyl sites for hydroxylation is 1. The molecule has 1 rings (SSSR count). The van der Waals surface area contributed by atoms with Gasteiger partial charge in [-0.3, -0.25) is 0 Å². The van der Waals surface area contributed by atoms with E-state index in [1.54, 1.807) is 26.8 Å². The van der Waals surface area contributed by atoms with E-state index in [0.717, 1.165) is 0 Å². The van der Waals surface area contributed by atoms with Crippen molar-refractivity contribution < 1.29 is 23.0 Å². The molecule has 0 aliphatic rings. The molecule has 0 N–H and O–H groups in total. The largest absolute Gasteiger partial charge is 0.459 e. The third kappa shape index (κ3) is 3.94. The van der Waals surface area contributed by atoms with Crippen molar-refractivity contribution in [2.75, 3.05) is 0 Å². The van der Waals surface area contributed by atoms with Gasteiger partial charge in [0, 0.05) is 4.47 Å². The van der Waals surface area contributed by atoms with Crippen LogP contribution in [0.3, 0.4) is 0 Å². The van der Waals surface area contributed by atoms with Gasteiger partial charge < -0.3 is 9.47 Å². The number of carbonyl (C=O) groups is 1. The van der Waals surface area contributed by atoms with Crippen LogP contribution in [0.25, 0.3) is 0 Å². The molecule has 1 aromatic rings. The topological polar surface area (TPSA) is 35.5 Å². The maximum atomic E-state index is 12.3. The van der Waals surface area contributed by atoms with E-state index in [9.17, 15) is 13.6 Å². The zero-order valence-electron chi connectivity index (χ0n) is 10.2. The van der Waals surface area contributed by atoms with Gasteiger partial charge in [-0.15, -0.1) is 0 Å². The third-order valence-corrected chi connectivity index (χ3v) is 2.48. The van der Waals surface area contributed by atoms with Crippen molar-refractivity contribution in [3.63, 3.8) is 0 Å². The van der Waals surface area contributed by atoms with Gasteiger partial charge >= 0.3 is 12.6 Å². The van der Waals surface area contributed by atoms with Crippen molar-refractivity contribution in [3.8, 4) is 5.75 Å². The molecule has 0 saturated heterocycles. The van der Waals surface area contributed by atoms with E-state index in [0.29, 0.717) is 10.0 Å². The highest BCUT2D eigenvalue weighted by molar-refractivity contribution is 9.10. The van der Waals surface area contributed by atoms with Gasteiger partial charge in [0.2, 0.25) is 0 Å². The first kappa shape index (κ1) is 14.9. The summed E-state index contributed by atoms with van der Waals surface area (Å²) in [5.74, 6) is -0.867. The smallest absolute Gasteiger partial charge is 0.387 e. The summed E-state index contributed by atoms with van der Waals surface area (Å²) >= 11 is 3.16. The second-order valence-electron chi connectivity index (χ2n) is 3.93. The van der Waals surface area contributed by atoms with Crippen LogP contribution in [0.2, 0.25) is 0 Å². The molecule has 0 spiro atoms. The Morgan fingerprint density at radius 1 is 1.33 bits per heavy atom. The molecule has 0 unspecified atom stereocenters. The minimum Gasteiger partial charge on any atom is -0.459 e. The Morgan fingerprint density at radius 3 is 2.44 bits per heavy atom. The third-order valence-electron chi connectivity index (χ3n) is 2.03. The Kier molecular flexibility index (Phi) is 5.07. The Labute approximate surface area is 112 Å². The lowest BCUT2D eigenvalue weighted by atomic mass is 10.1. The lowest BCUT2D eigenvalue weighted by Gasteiger charge is -2.14. The van der Waals surface area contributed by atoms with Crippen molar-refractivity contribution in [2.24, 2.45) is 0 Å². The van der Waals surface area contributed by atoms with E-state index >= 15 is 0 Å². The zero-order chi connectivity index (χ0) is 13.9. The van der Waals surface area contributed by atoms with E-state index in [1.165, 1.54) is 6.07 Å². The van der Waals surface area contributed by atoms with E-state index in [2.05, 4.69) is 20.7 Å². The van der Waals surface area contributed by atoms with Crippen LogP contribution in [0, 0.1) is 6.92 Å². The first-order chi connectivity index (χ1) is 8.31. The molecule has 3 nitrogen and oxygen atoms in total. The summed E-state index contributed by atoms with van der Waals surface area (Å²) < 4.78 is 34.5. The van der Waals surface area contributed by atoms with Crippen molar-refractivity contribution in [2.45, 2.75) is 33.5 Å². The number of carbonyl (C=O) groups excluding carboxylic acids is 1. The number of hydrogen-bond donors (Lipinski definition) is 0. The summed E-state index contributed by atoms with van der Waals surface area (Å²) in [5, 5.41) is 0. The Bertz CT molecular complexity index is 447. The van der Waals surface area contributed by atoms with Gasteiger partial charge in [0.15, 0.2) is 0 Å². The van der Waals surface area contributed by atoms with E-state index in [1.807, 2.05) is 0 Å². The fourth-order valence-electron chi connectivity index (χ4n) is 1.44. The average molecular weight is 323 g/mol. The predicted octanol–water partition coefficient (Wildman–Crippen LogP) is 3.92. The first-order valence-electron chi connectivity index (χ1n) is 5.27. The van der Waals surface area contributed by atoms with Crippen molar-refractivity contribution in [1.29, 1.82) is 0 Å². The Hall–Kier alpha value is -1.17. The molecule has 0 radical (unpaired) electrons. The van der Waals surface area contributed by atoms with E-state index in [4.69, 9.17) is 4.74 Å². The number of benzene rings is 1. The van der Waals surface area contributed by atoms with Gasteiger partial charge in [-0.2, -0.15) is 8.78 Å². The van der Waals surface area contributed by atoms with Gasteiger partial charge in [0.1, 0.15) is 11.3 Å². The molecule has 0 heterocycles. The first-order valence-corrected chi connectivity index (χ1v) is 6.06. The molecule has 0 aliphatic carbocycles. The minimum atomic E-state index is -3.00. The summed E-state index contributed by atoms with van der Waals surface area (Å²) in [7, 11) is 0. The van der Waals surface area contributed by atoms with E-state index < -0.39 is 12.6 Å². The lowest BCUT2D eigenvalue weighted by Crippen LogP contribution is -2.15. The fraction of sp³-hybridized carbons (Fsp3) is 0.417. The molecule has 0 bridgehead atoms. The number of rotatable bonds is 4. The van der Waals surface area contributed by atoms with Gasteiger partial charge in [0.25, 0.3) is 0 Å². The Balaban J connectivity index is 3.18. The summed E-state index contributed by atoms with van der Waals surface area (Å²) in [6.45, 7) is 1.99. The van der Waals surface area contributed by atoms with Crippen LogP contribution >= 0.6 is 15.9 Å². The van der Waals surface area contributed by atoms with Gasteiger partial charge in [0.05, 0.1) is 6.10 Å². The van der Waals surface area contributed by atoms with Crippen LogP contribution in [0.15, 0.2) is 16.6 Å². The van der Waals surface area contributed by atoms with Crippen LogP contribution in [0.4, 0.5) is 8.78 Å². The normalized spacial score (nSPS) is 10.9. The SMILES string of the molecule is Cc1cc(Br)cc(OC(F)F)c1C(=O)OC(C)C. The lowest BCUT2D eigenvalue weighted by molar-refractivity contribution is -0.0506. The highest BCUT2D eigenvalue weighted by Gasteiger charge is 2.21. The van der Waals surface area contributed by atoms with Crippen LogP contribution in [0.1, 0.15) is 29.8 Å². The number of halogens is 3. The summed E-state index contributed by atoms with van der Waals surface area (Å²) in [5.41, 5.74) is 0.526. The van der Waals surface area contributed by atoms with Gasteiger partial charge in [-0.1, -0.05) is 15.9 Å². The molecule has 100 valence electrons. The highest BCUT2D eigenvalue weighted by Crippen LogP contribution is 2.29. The van der Waals surface area contributed by atoms with Crippen LogP contribution in [-0.4, -0.2) is 18.7 Å². The van der Waals surface area contributed by atoms with Crippen molar-refractivity contribution >= 4 is 21.9 Å². The number of esters is 1. The second kappa shape index (κ2) is 6.13. The minimum absolute atomic E-state index is 0.0206. The number of alkyl halides is 2. The maximum Gasteiger partial charge on any atom is 0.387 e. The molecule has 18 heavy (non-hydrogen) atoms. The average Bonchev–Trinajstić information content (AvgIpc) is 2.12. The molecule has 0 aromatic heterocycles. The van der Waals surface area contributed by atoms with Crippen molar-refractivity contribution in [3.05, 3.63) is 27.7 Å². The molecule has 0 aliphatic heterocycles. The van der Waals surface area contributed by atoms with Crippen LogP contribution in [0.5, 0.6) is 5.75 Å². The number of ether oxygens (including phenoxy) is 2. The van der Waals surface area contributed by atoms with Gasteiger partial charge in [-0.05, 0) is 38.5 Å². The second-order valence-corrected chi connectivity index (χ2v) is 4.84. The highest BCUT2D eigenvalue weighted by atomic mass is 79.9. The quantitative estimate of drug-likeness (QED) is 0.788. The summed E-state index contributed by atoms with van der Waals surface area (Å²) in [4.78, 5) is 11.8. The van der Waals surface area contributed by atoms with Gasteiger partial charge in [-0.25, -0.2) is 4.79 Å². The Morgan fingerprint density at radius 2 is 1.94 bits per heavy atom. The monoisotopic (exact) mass is 322 g/mol. The molecule has 0 atom stereocenters. The molecular formula is C12H13BrF2O3. The molecule has 0 amide bonds. The molecular weight excluding hydrogens is 310 g/mol. The van der Waals surface area contributed by atoms with E-state index in [-0.39, 0.29) is 17.4 Å². The van der Waals surface area contributed by atoms with Crippen LogP contribution in [-0.2, 0) is 4.74 Å². The standard InChI is InChI=1S/C12H13BrF2O3/c1-6(2)17-11(16)10-7(3)4-8(13)5-9(10)18-12(14)15/h4-6,12H,1-3H3. The molecule has 6 heteroatoms. The predicted molar refractivity (Wildman–Crippen MR) is 66.1 cm³/mol. The number of hydrogen-bond acceptors (Lipinski definition) is 3. The summed E-state index contributed by atoms with van der Waals surface area (Å²) in [6, 6.07) is 2.95. The maximum absolute atomic E-state index is 12.3. The van der Waals surface area contributed by atoms with Crippen LogP contribution < -0.4 is 4.74 Å². The van der Waals surface area contributed by atoms with Crippen molar-refractivity contribution in [1.82, 2.24) is 0 Å². The summed E-state index contributed by atoms with van der Waals surface area (Å²) in [6.07, 6.45) is -0.333. The zero-order valence-corrected chi connectivity index (χ0v) is 11.8.